The second kappa shape index (κ2) is 11.2. The van der Waals surface area contributed by atoms with Gasteiger partial charge in [-0.05, 0) is 48.0 Å². The predicted molar refractivity (Wildman–Crippen MR) is 141 cm³/mol. The first kappa shape index (κ1) is 26.2. The van der Waals surface area contributed by atoms with Gasteiger partial charge in [-0.2, -0.15) is 0 Å². The molecule has 6 nitrogen and oxygen atoms in total. The molecule has 2 aromatic heterocycles. The molecule has 0 aliphatic rings. The Bertz CT molecular complexity index is 1690. The van der Waals surface area contributed by atoms with Crippen LogP contribution in [0.25, 0.3) is 22.3 Å². The molecule has 2 heterocycles. The van der Waals surface area contributed by atoms with Gasteiger partial charge in [0.2, 0.25) is 5.88 Å². The van der Waals surface area contributed by atoms with E-state index in [4.69, 9.17) is 16.3 Å². The summed E-state index contributed by atoms with van der Waals surface area (Å²) in [7, 11) is 0. The van der Waals surface area contributed by atoms with E-state index in [9.17, 15) is 18.7 Å². The number of imidazole rings is 1. The molecule has 0 saturated carbocycles. The van der Waals surface area contributed by atoms with Gasteiger partial charge in [0, 0.05) is 28.6 Å². The SMILES string of the molecule is O=C(O)c1ccc2nc(Cc3ccc(-c4cccc(OCc5ccc(Cl)cc5F)n4)cc3F)n(CCF)c2c1. The highest BCUT2D eigenvalue weighted by Crippen LogP contribution is 2.26. The summed E-state index contributed by atoms with van der Waals surface area (Å²) in [6, 6.07) is 18.4. The average Bonchev–Trinajstić information content (AvgIpc) is 3.26. The monoisotopic (exact) mass is 551 g/mol. The van der Waals surface area contributed by atoms with Gasteiger partial charge in [0.15, 0.2) is 0 Å². The number of pyridine rings is 1. The van der Waals surface area contributed by atoms with Crippen LogP contribution in [-0.4, -0.2) is 32.3 Å². The second-order valence-corrected chi connectivity index (χ2v) is 9.18. The number of fused-ring (bicyclic) bond motifs is 1. The number of rotatable bonds is 9. The molecule has 0 saturated heterocycles. The Kier molecular flexibility index (Phi) is 7.51. The summed E-state index contributed by atoms with van der Waals surface area (Å²) in [5, 5.41) is 9.58. The largest absolute Gasteiger partial charge is 0.478 e. The molecule has 0 bridgehead atoms. The van der Waals surface area contributed by atoms with Crippen molar-refractivity contribution in [1.82, 2.24) is 14.5 Å². The summed E-state index contributed by atoms with van der Waals surface area (Å²) in [6.07, 6.45) is 0.0758. The molecule has 0 atom stereocenters. The Hall–Kier alpha value is -4.37. The van der Waals surface area contributed by atoms with Crippen molar-refractivity contribution in [2.75, 3.05) is 6.67 Å². The smallest absolute Gasteiger partial charge is 0.335 e. The van der Waals surface area contributed by atoms with E-state index in [2.05, 4.69) is 9.97 Å². The van der Waals surface area contributed by atoms with E-state index in [-0.39, 0.29) is 36.0 Å². The number of carboxylic acid groups (broad SMARTS) is 1. The summed E-state index contributed by atoms with van der Waals surface area (Å²) >= 11 is 5.79. The lowest BCUT2D eigenvalue weighted by molar-refractivity contribution is 0.0697. The number of aromatic nitrogens is 3. The van der Waals surface area contributed by atoms with Crippen LogP contribution >= 0.6 is 11.6 Å². The number of aryl methyl sites for hydroxylation is 1. The van der Waals surface area contributed by atoms with Crippen LogP contribution in [0.15, 0.2) is 72.8 Å². The first-order valence-corrected chi connectivity index (χ1v) is 12.3. The van der Waals surface area contributed by atoms with E-state index in [0.717, 1.165) is 0 Å². The zero-order valence-electron chi connectivity index (χ0n) is 20.4. The molecule has 3 aromatic carbocycles. The highest BCUT2D eigenvalue weighted by Gasteiger charge is 2.16. The van der Waals surface area contributed by atoms with Crippen molar-refractivity contribution < 1.29 is 27.8 Å². The topological polar surface area (TPSA) is 77.2 Å². The zero-order chi connectivity index (χ0) is 27.5. The molecular weight excluding hydrogens is 531 g/mol. The van der Waals surface area contributed by atoms with Gasteiger partial charge in [-0.25, -0.2) is 27.9 Å². The van der Waals surface area contributed by atoms with Crippen LogP contribution in [0.2, 0.25) is 5.02 Å². The normalized spacial score (nSPS) is 11.2. The van der Waals surface area contributed by atoms with E-state index < -0.39 is 24.3 Å². The predicted octanol–water partition coefficient (Wildman–Crippen LogP) is 6.87. The molecule has 1 N–H and O–H groups in total. The maximum Gasteiger partial charge on any atom is 0.335 e. The fourth-order valence-electron chi connectivity index (χ4n) is 4.24. The molecule has 5 aromatic rings. The molecule has 198 valence electrons. The summed E-state index contributed by atoms with van der Waals surface area (Å²) in [4.78, 5) is 20.3. The number of benzene rings is 3. The number of carbonyl (C=O) groups is 1. The molecule has 39 heavy (non-hydrogen) atoms. The van der Waals surface area contributed by atoms with Crippen LogP contribution in [0, 0.1) is 11.6 Å². The Balaban J connectivity index is 1.37. The van der Waals surface area contributed by atoms with Crippen molar-refractivity contribution in [3.05, 3.63) is 112 Å². The fraction of sp³-hybridized carbons (Fsp3) is 0.138. The number of nitrogens with zero attached hydrogens (tertiary/aromatic N) is 3. The van der Waals surface area contributed by atoms with Gasteiger partial charge in [-0.15, -0.1) is 0 Å². The van der Waals surface area contributed by atoms with Crippen LogP contribution in [0.3, 0.4) is 0 Å². The number of ether oxygens (including phenoxy) is 1. The third-order valence-electron chi connectivity index (χ3n) is 6.19. The molecule has 10 heteroatoms. The van der Waals surface area contributed by atoms with Crippen molar-refractivity contribution in [3.63, 3.8) is 0 Å². The fourth-order valence-corrected chi connectivity index (χ4v) is 4.40. The molecule has 0 unspecified atom stereocenters. The minimum atomic E-state index is -1.10. The minimum absolute atomic E-state index is 0.0365. The minimum Gasteiger partial charge on any atom is -0.478 e. The second-order valence-electron chi connectivity index (χ2n) is 8.75. The summed E-state index contributed by atoms with van der Waals surface area (Å²) < 4.78 is 49.8. The lowest BCUT2D eigenvalue weighted by Gasteiger charge is -2.10. The first-order valence-electron chi connectivity index (χ1n) is 11.9. The third kappa shape index (κ3) is 5.73. The van der Waals surface area contributed by atoms with Crippen LogP contribution in [0.4, 0.5) is 13.2 Å². The van der Waals surface area contributed by atoms with Crippen LogP contribution in [0.5, 0.6) is 5.88 Å². The molecule has 0 aliphatic carbocycles. The standard InChI is InChI=1S/C29H21ClF3N3O3/c30-21-8-6-20(23(33)15-21)16-39-28-3-1-2-24(35-28)18-5-4-17(22(32)12-18)14-27-34-25-9-7-19(29(37)38)13-26(25)36(27)11-10-31/h1-9,12-13,15H,10-11,14,16H2,(H,37,38). The van der Waals surface area contributed by atoms with Crippen molar-refractivity contribution >= 4 is 28.6 Å². The van der Waals surface area contributed by atoms with Gasteiger partial charge < -0.3 is 14.4 Å². The molecule has 0 spiro atoms. The average molecular weight is 552 g/mol. The Labute approximate surface area is 226 Å². The molecule has 5 rings (SSSR count). The maximum absolute atomic E-state index is 15.2. The number of halogens is 4. The lowest BCUT2D eigenvalue weighted by Crippen LogP contribution is -2.07. The van der Waals surface area contributed by atoms with Gasteiger partial charge in [0.05, 0.1) is 28.8 Å². The van der Waals surface area contributed by atoms with Crippen LogP contribution in [0.1, 0.15) is 27.3 Å². The number of carboxylic acids is 1. The van der Waals surface area contributed by atoms with Crippen LogP contribution < -0.4 is 4.74 Å². The van der Waals surface area contributed by atoms with Gasteiger partial charge in [-0.3, -0.25) is 0 Å². The summed E-state index contributed by atoms with van der Waals surface area (Å²) in [6.45, 7) is -0.780. The van der Waals surface area contributed by atoms with Gasteiger partial charge in [0.1, 0.15) is 30.7 Å². The molecule has 0 aliphatic heterocycles. The maximum atomic E-state index is 15.2. The van der Waals surface area contributed by atoms with E-state index in [0.29, 0.717) is 39.2 Å². The third-order valence-corrected chi connectivity index (χ3v) is 6.43. The number of alkyl halides is 1. The highest BCUT2D eigenvalue weighted by molar-refractivity contribution is 6.30. The van der Waals surface area contributed by atoms with E-state index in [1.54, 1.807) is 47.0 Å². The van der Waals surface area contributed by atoms with Crippen molar-refractivity contribution in [2.45, 2.75) is 19.6 Å². The number of aromatic carboxylic acids is 1. The molecule has 0 amide bonds. The number of hydrogen-bond acceptors (Lipinski definition) is 4. The Morgan fingerprint density at radius 3 is 2.49 bits per heavy atom. The van der Waals surface area contributed by atoms with Crippen molar-refractivity contribution in [2.24, 2.45) is 0 Å². The zero-order valence-corrected chi connectivity index (χ0v) is 21.1. The van der Waals surface area contributed by atoms with E-state index in [1.807, 2.05) is 0 Å². The summed E-state index contributed by atoms with van der Waals surface area (Å²) in [5.41, 5.74) is 2.64. The quantitative estimate of drug-likeness (QED) is 0.216. The molecule has 0 radical (unpaired) electrons. The lowest BCUT2D eigenvalue weighted by atomic mass is 10.1. The van der Waals surface area contributed by atoms with E-state index in [1.165, 1.54) is 30.3 Å². The van der Waals surface area contributed by atoms with E-state index >= 15 is 4.39 Å². The molecular formula is C29H21ClF3N3O3. The summed E-state index contributed by atoms with van der Waals surface area (Å²) in [5.74, 6) is -1.44. The molecule has 0 fully saturated rings. The van der Waals surface area contributed by atoms with Gasteiger partial charge in [0.25, 0.3) is 0 Å². The van der Waals surface area contributed by atoms with Crippen LogP contribution in [-0.2, 0) is 19.6 Å². The van der Waals surface area contributed by atoms with Crippen molar-refractivity contribution in [1.29, 1.82) is 0 Å². The number of hydrogen-bond donors (Lipinski definition) is 1. The van der Waals surface area contributed by atoms with Crippen molar-refractivity contribution in [3.8, 4) is 17.1 Å². The Morgan fingerprint density at radius 2 is 1.74 bits per heavy atom. The Morgan fingerprint density at radius 1 is 0.949 bits per heavy atom. The van der Waals surface area contributed by atoms with Gasteiger partial charge in [-0.1, -0.05) is 35.9 Å². The first-order chi connectivity index (χ1) is 18.8. The van der Waals surface area contributed by atoms with Gasteiger partial charge >= 0.3 is 5.97 Å². The highest BCUT2D eigenvalue weighted by atomic mass is 35.5.